The summed E-state index contributed by atoms with van der Waals surface area (Å²) >= 11 is 0. The smallest absolute Gasteiger partial charge is 0.255 e. The van der Waals surface area contributed by atoms with Crippen molar-refractivity contribution in [1.82, 2.24) is 4.90 Å². The molecular formula is C25H33N3O2. The summed E-state index contributed by atoms with van der Waals surface area (Å²) in [6.45, 7) is 11.7. The van der Waals surface area contributed by atoms with Crippen molar-refractivity contribution >= 4 is 23.2 Å². The highest BCUT2D eigenvalue weighted by atomic mass is 16.2. The number of carbonyl (C=O) groups is 2. The monoisotopic (exact) mass is 407 g/mol. The zero-order valence-corrected chi connectivity index (χ0v) is 18.6. The molecule has 0 spiro atoms. The van der Waals surface area contributed by atoms with Gasteiger partial charge in [-0.2, -0.15) is 0 Å². The Bertz CT molecular complexity index is 859. The first-order valence-electron chi connectivity index (χ1n) is 10.8. The molecule has 5 nitrogen and oxygen atoms in total. The van der Waals surface area contributed by atoms with Gasteiger partial charge >= 0.3 is 0 Å². The fourth-order valence-electron chi connectivity index (χ4n) is 3.67. The van der Waals surface area contributed by atoms with E-state index in [1.54, 1.807) is 0 Å². The first-order valence-corrected chi connectivity index (χ1v) is 10.8. The standard InChI is InChI=1S/C25H33N3O2/c1-5-6-23(29)28-17-15-27(16-18-28)22-13-11-21(12-14-22)26-24(30)19-7-9-20(10-8-19)25(2,3)4/h7-14H,5-6,15-18H2,1-4H3,(H,26,30). The molecule has 1 N–H and O–H groups in total. The molecule has 0 aliphatic carbocycles. The van der Waals surface area contributed by atoms with E-state index in [0.29, 0.717) is 12.0 Å². The number of rotatable bonds is 5. The van der Waals surface area contributed by atoms with Crippen LogP contribution in [0.5, 0.6) is 0 Å². The number of nitrogens with zero attached hydrogens (tertiary/aromatic N) is 2. The summed E-state index contributed by atoms with van der Waals surface area (Å²) in [7, 11) is 0. The Labute approximate surface area is 180 Å². The Morgan fingerprint density at radius 2 is 1.50 bits per heavy atom. The normalized spacial score (nSPS) is 14.5. The second-order valence-electron chi connectivity index (χ2n) is 8.95. The number of carbonyl (C=O) groups excluding carboxylic acids is 2. The Morgan fingerprint density at radius 1 is 0.900 bits per heavy atom. The highest BCUT2D eigenvalue weighted by Gasteiger charge is 2.20. The molecule has 1 fully saturated rings. The maximum Gasteiger partial charge on any atom is 0.255 e. The lowest BCUT2D eigenvalue weighted by Gasteiger charge is -2.36. The highest BCUT2D eigenvalue weighted by molar-refractivity contribution is 6.04. The molecule has 0 bridgehead atoms. The van der Waals surface area contributed by atoms with Crippen molar-refractivity contribution in [1.29, 1.82) is 0 Å². The van der Waals surface area contributed by atoms with Crippen LogP contribution < -0.4 is 10.2 Å². The molecule has 1 heterocycles. The summed E-state index contributed by atoms with van der Waals surface area (Å²) in [6.07, 6.45) is 1.53. The van der Waals surface area contributed by atoms with E-state index in [2.05, 4.69) is 31.0 Å². The van der Waals surface area contributed by atoms with E-state index in [9.17, 15) is 9.59 Å². The molecule has 30 heavy (non-hydrogen) atoms. The lowest BCUT2D eigenvalue weighted by Crippen LogP contribution is -2.48. The summed E-state index contributed by atoms with van der Waals surface area (Å²) in [4.78, 5) is 28.8. The van der Waals surface area contributed by atoms with Crippen molar-refractivity contribution < 1.29 is 9.59 Å². The van der Waals surface area contributed by atoms with Crippen molar-refractivity contribution in [3.8, 4) is 0 Å². The SMILES string of the molecule is CCCC(=O)N1CCN(c2ccc(NC(=O)c3ccc(C(C)(C)C)cc3)cc2)CC1. The molecule has 2 amide bonds. The van der Waals surface area contributed by atoms with Crippen LogP contribution in [0.25, 0.3) is 0 Å². The van der Waals surface area contributed by atoms with E-state index in [1.165, 1.54) is 5.56 Å². The lowest BCUT2D eigenvalue weighted by atomic mass is 9.87. The average molecular weight is 408 g/mol. The van der Waals surface area contributed by atoms with Crippen LogP contribution in [0.15, 0.2) is 48.5 Å². The van der Waals surface area contributed by atoms with Crippen LogP contribution in [-0.4, -0.2) is 42.9 Å². The first-order chi connectivity index (χ1) is 14.3. The van der Waals surface area contributed by atoms with Gasteiger partial charge in [-0.05, 0) is 53.8 Å². The summed E-state index contributed by atoms with van der Waals surface area (Å²) in [5, 5.41) is 2.97. The third-order valence-electron chi connectivity index (χ3n) is 5.60. The second kappa shape index (κ2) is 9.33. The Morgan fingerprint density at radius 3 is 2.03 bits per heavy atom. The van der Waals surface area contributed by atoms with Crippen LogP contribution in [-0.2, 0) is 10.2 Å². The number of benzene rings is 2. The molecule has 2 aromatic rings. The van der Waals surface area contributed by atoms with Crippen molar-refractivity contribution in [2.45, 2.75) is 46.0 Å². The van der Waals surface area contributed by atoms with Gasteiger partial charge in [0.2, 0.25) is 5.91 Å². The van der Waals surface area contributed by atoms with Gasteiger partial charge in [0.05, 0.1) is 0 Å². The molecule has 0 aromatic heterocycles. The summed E-state index contributed by atoms with van der Waals surface area (Å²) in [6, 6.07) is 15.7. The van der Waals surface area contributed by atoms with Gasteiger partial charge in [-0.1, -0.05) is 39.8 Å². The summed E-state index contributed by atoms with van der Waals surface area (Å²) < 4.78 is 0. The summed E-state index contributed by atoms with van der Waals surface area (Å²) in [5.74, 6) is 0.150. The van der Waals surface area contributed by atoms with Gasteiger partial charge in [0.15, 0.2) is 0 Å². The molecule has 1 aliphatic rings. The number of nitrogens with one attached hydrogen (secondary N) is 1. The van der Waals surface area contributed by atoms with Crippen LogP contribution in [0.1, 0.15) is 56.5 Å². The zero-order chi connectivity index (χ0) is 21.7. The number of hydrogen-bond donors (Lipinski definition) is 1. The fraction of sp³-hybridized carbons (Fsp3) is 0.440. The predicted molar refractivity (Wildman–Crippen MR) is 123 cm³/mol. The molecule has 5 heteroatoms. The van der Waals surface area contributed by atoms with Crippen molar-refractivity contribution in [3.05, 3.63) is 59.7 Å². The second-order valence-corrected chi connectivity index (χ2v) is 8.95. The molecule has 1 saturated heterocycles. The van der Waals surface area contributed by atoms with Gasteiger partial charge in [-0.25, -0.2) is 0 Å². The number of amides is 2. The molecule has 0 saturated carbocycles. The molecule has 0 atom stereocenters. The molecule has 0 unspecified atom stereocenters. The van der Waals surface area contributed by atoms with Gasteiger partial charge in [0.25, 0.3) is 5.91 Å². The largest absolute Gasteiger partial charge is 0.368 e. The van der Waals surface area contributed by atoms with Crippen molar-refractivity contribution in [2.75, 3.05) is 36.4 Å². The van der Waals surface area contributed by atoms with Crippen LogP contribution in [0, 0.1) is 0 Å². The van der Waals surface area contributed by atoms with E-state index < -0.39 is 0 Å². The average Bonchev–Trinajstić information content (AvgIpc) is 2.74. The third kappa shape index (κ3) is 5.41. The first kappa shape index (κ1) is 21.9. The zero-order valence-electron chi connectivity index (χ0n) is 18.6. The van der Waals surface area contributed by atoms with E-state index >= 15 is 0 Å². The van der Waals surface area contributed by atoms with Crippen LogP contribution in [0.4, 0.5) is 11.4 Å². The van der Waals surface area contributed by atoms with Crippen LogP contribution in [0.3, 0.4) is 0 Å². The van der Waals surface area contributed by atoms with Gasteiger partial charge in [-0.3, -0.25) is 9.59 Å². The third-order valence-corrected chi connectivity index (χ3v) is 5.60. The van der Waals surface area contributed by atoms with E-state index in [1.807, 2.05) is 60.4 Å². The minimum absolute atomic E-state index is 0.0691. The van der Waals surface area contributed by atoms with Crippen LogP contribution in [0.2, 0.25) is 0 Å². The minimum Gasteiger partial charge on any atom is -0.368 e. The van der Waals surface area contributed by atoms with Crippen LogP contribution >= 0.6 is 0 Å². The summed E-state index contributed by atoms with van der Waals surface area (Å²) in [5.41, 5.74) is 3.82. The highest BCUT2D eigenvalue weighted by Crippen LogP contribution is 2.23. The van der Waals surface area contributed by atoms with Gasteiger partial charge < -0.3 is 15.1 Å². The lowest BCUT2D eigenvalue weighted by molar-refractivity contribution is -0.131. The fourth-order valence-corrected chi connectivity index (χ4v) is 3.67. The quantitative estimate of drug-likeness (QED) is 0.783. The molecule has 160 valence electrons. The molecule has 1 aliphatic heterocycles. The molecule has 2 aromatic carbocycles. The Balaban J connectivity index is 1.56. The number of piperazine rings is 1. The Hall–Kier alpha value is -2.82. The van der Waals surface area contributed by atoms with E-state index in [-0.39, 0.29) is 17.2 Å². The van der Waals surface area contributed by atoms with E-state index in [4.69, 9.17) is 0 Å². The van der Waals surface area contributed by atoms with Gasteiger partial charge in [-0.15, -0.1) is 0 Å². The topological polar surface area (TPSA) is 52.7 Å². The van der Waals surface area contributed by atoms with Crippen molar-refractivity contribution in [2.24, 2.45) is 0 Å². The Kier molecular flexibility index (Phi) is 6.80. The predicted octanol–water partition coefficient (Wildman–Crippen LogP) is 4.69. The number of anilines is 2. The molecule has 0 radical (unpaired) electrons. The molecular weight excluding hydrogens is 374 g/mol. The molecule has 3 rings (SSSR count). The number of hydrogen-bond acceptors (Lipinski definition) is 3. The minimum atomic E-state index is -0.105. The van der Waals surface area contributed by atoms with Gasteiger partial charge in [0.1, 0.15) is 0 Å². The maximum atomic E-state index is 12.6. The van der Waals surface area contributed by atoms with Gasteiger partial charge in [0, 0.05) is 49.5 Å². The van der Waals surface area contributed by atoms with Crippen molar-refractivity contribution in [3.63, 3.8) is 0 Å². The van der Waals surface area contributed by atoms with E-state index in [0.717, 1.165) is 44.0 Å². The maximum absolute atomic E-state index is 12.6.